The van der Waals surface area contributed by atoms with Crippen LogP contribution in [-0.4, -0.2) is 28.2 Å². The third kappa shape index (κ3) is 3.89. The van der Waals surface area contributed by atoms with Crippen LogP contribution in [0, 0.1) is 0 Å². The number of aryl methyl sites for hydroxylation is 1. The van der Waals surface area contributed by atoms with Crippen LogP contribution in [0.5, 0.6) is 11.5 Å². The van der Waals surface area contributed by atoms with Crippen LogP contribution in [-0.2, 0) is 19.3 Å². The highest BCUT2D eigenvalue weighted by Crippen LogP contribution is 2.38. The van der Waals surface area contributed by atoms with Gasteiger partial charge in [0.15, 0.2) is 11.5 Å². The Hall–Kier alpha value is -2.93. The third-order valence-corrected chi connectivity index (χ3v) is 5.56. The minimum Gasteiger partial charge on any atom is -0.504 e. The molecule has 1 N–H and O–H groups in total. The van der Waals surface area contributed by atoms with E-state index in [4.69, 9.17) is 4.74 Å². The largest absolute Gasteiger partial charge is 0.504 e. The lowest BCUT2D eigenvalue weighted by Gasteiger charge is -2.31. The van der Waals surface area contributed by atoms with Crippen molar-refractivity contribution in [1.29, 1.82) is 0 Å². The zero-order chi connectivity index (χ0) is 21.3. The van der Waals surface area contributed by atoms with Gasteiger partial charge >= 0.3 is 6.18 Å². The van der Waals surface area contributed by atoms with E-state index in [-0.39, 0.29) is 11.8 Å². The van der Waals surface area contributed by atoms with E-state index in [0.29, 0.717) is 30.0 Å². The lowest BCUT2D eigenvalue weighted by molar-refractivity contribution is -0.137. The number of hydrogen-bond acceptors (Lipinski definition) is 3. The number of rotatable bonds is 4. The Labute approximate surface area is 173 Å². The van der Waals surface area contributed by atoms with Gasteiger partial charge in [-0.2, -0.15) is 13.2 Å². The molecule has 158 valence electrons. The lowest BCUT2D eigenvalue weighted by Crippen LogP contribution is -2.29. The molecule has 0 amide bonds. The molecule has 1 aliphatic heterocycles. The molecule has 0 fully saturated rings. The van der Waals surface area contributed by atoms with Gasteiger partial charge in [0.1, 0.15) is 0 Å². The van der Waals surface area contributed by atoms with E-state index in [1.807, 2.05) is 24.4 Å². The molecule has 30 heavy (non-hydrogen) atoms. The van der Waals surface area contributed by atoms with Crippen molar-refractivity contribution in [2.24, 2.45) is 0 Å². The van der Waals surface area contributed by atoms with E-state index in [1.54, 1.807) is 18.2 Å². The first-order chi connectivity index (χ1) is 14.4. The monoisotopic (exact) mass is 416 g/mol. The number of phenols is 1. The number of para-hydroxylation sites is 1. The Balaban J connectivity index is 1.78. The number of alkyl halides is 3. The van der Waals surface area contributed by atoms with Crippen molar-refractivity contribution < 1.29 is 23.0 Å². The first-order valence-electron chi connectivity index (χ1n) is 9.79. The molecule has 1 aromatic heterocycles. The Kier molecular flexibility index (Phi) is 5.47. The molecule has 1 atom stereocenters. The molecule has 0 saturated carbocycles. The molecule has 2 aromatic carbocycles. The minimum absolute atomic E-state index is 0.0578. The van der Waals surface area contributed by atoms with Gasteiger partial charge in [0, 0.05) is 37.1 Å². The number of nitrogens with zero attached hydrogens (tertiary/aromatic N) is 2. The molecule has 0 radical (unpaired) electrons. The highest BCUT2D eigenvalue weighted by atomic mass is 19.4. The van der Waals surface area contributed by atoms with Gasteiger partial charge in [-0.1, -0.05) is 24.3 Å². The summed E-state index contributed by atoms with van der Waals surface area (Å²) in [4.78, 5) is 2.11. The van der Waals surface area contributed by atoms with Gasteiger partial charge in [0.25, 0.3) is 0 Å². The predicted octanol–water partition coefficient (Wildman–Crippen LogP) is 5.22. The standard InChI is InChI=1S/C23H23F3N2O2/c1-30-20-10-3-7-17(22(20)29)15-28-13-5-12-27-11-4-9-19(27)21(28)16-6-2-8-18(14-16)23(24,25)26/h2-4,6-11,14,21,29H,5,12-13,15H2,1H3. The fraction of sp³-hybridized carbons (Fsp3) is 0.304. The zero-order valence-electron chi connectivity index (χ0n) is 16.6. The fourth-order valence-corrected chi connectivity index (χ4v) is 4.16. The van der Waals surface area contributed by atoms with E-state index in [2.05, 4.69) is 9.47 Å². The van der Waals surface area contributed by atoms with Crippen LogP contribution in [0.15, 0.2) is 60.8 Å². The van der Waals surface area contributed by atoms with Crippen LogP contribution in [0.2, 0.25) is 0 Å². The third-order valence-electron chi connectivity index (χ3n) is 5.56. The molecular weight excluding hydrogens is 393 g/mol. The second-order valence-electron chi connectivity index (χ2n) is 7.44. The summed E-state index contributed by atoms with van der Waals surface area (Å²) in [6.07, 6.45) is -1.59. The molecule has 2 heterocycles. The molecule has 0 aliphatic carbocycles. The van der Waals surface area contributed by atoms with E-state index < -0.39 is 11.7 Å². The normalized spacial score (nSPS) is 17.4. The predicted molar refractivity (Wildman–Crippen MR) is 107 cm³/mol. The topological polar surface area (TPSA) is 37.6 Å². The number of methoxy groups -OCH3 is 1. The quantitative estimate of drug-likeness (QED) is 0.634. The van der Waals surface area contributed by atoms with Crippen LogP contribution in [0.4, 0.5) is 13.2 Å². The molecule has 1 unspecified atom stereocenters. The first kappa shape index (κ1) is 20.3. The minimum atomic E-state index is -4.40. The number of halogens is 3. The van der Waals surface area contributed by atoms with Crippen LogP contribution >= 0.6 is 0 Å². The number of ether oxygens (including phenoxy) is 1. The maximum absolute atomic E-state index is 13.4. The summed E-state index contributed by atoms with van der Waals surface area (Å²) >= 11 is 0. The Bertz CT molecular complexity index is 1030. The number of phenolic OH excluding ortho intramolecular Hbond substituents is 1. The van der Waals surface area contributed by atoms with E-state index in [1.165, 1.54) is 19.2 Å². The molecule has 0 spiro atoms. The van der Waals surface area contributed by atoms with Crippen molar-refractivity contribution in [3.63, 3.8) is 0 Å². The second kappa shape index (κ2) is 8.07. The van der Waals surface area contributed by atoms with Gasteiger partial charge in [-0.15, -0.1) is 0 Å². The summed E-state index contributed by atoms with van der Waals surface area (Å²) in [6.45, 7) is 1.85. The second-order valence-corrected chi connectivity index (χ2v) is 7.44. The van der Waals surface area contributed by atoms with Crippen molar-refractivity contribution in [2.75, 3.05) is 13.7 Å². The van der Waals surface area contributed by atoms with Crippen molar-refractivity contribution in [1.82, 2.24) is 9.47 Å². The highest BCUT2D eigenvalue weighted by Gasteiger charge is 2.33. The van der Waals surface area contributed by atoms with Crippen LogP contribution in [0.1, 0.15) is 34.8 Å². The molecule has 0 saturated heterocycles. The van der Waals surface area contributed by atoms with Crippen molar-refractivity contribution in [2.45, 2.75) is 31.7 Å². The fourth-order valence-electron chi connectivity index (χ4n) is 4.16. The van der Waals surface area contributed by atoms with Crippen molar-refractivity contribution in [3.05, 3.63) is 83.2 Å². The van der Waals surface area contributed by atoms with Gasteiger partial charge in [-0.05, 0) is 42.3 Å². The van der Waals surface area contributed by atoms with Gasteiger partial charge in [0.2, 0.25) is 0 Å². The molecule has 0 bridgehead atoms. The number of hydrogen-bond donors (Lipinski definition) is 1. The molecular formula is C23H23F3N2O2. The molecule has 7 heteroatoms. The summed E-state index contributed by atoms with van der Waals surface area (Å²) in [6, 6.07) is 14.3. The summed E-state index contributed by atoms with van der Waals surface area (Å²) in [5.41, 5.74) is 1.53. The van der Waals surface area contributed by atoms with Gasteiger partial charge in [-0.25, -0.2) is 0 Å². The van der Waals surface area contributed by atoms with E-state index >= 15 is 0 Å². The summed E-state index contributed by atoms with van der Waals surface area (Å²) in [5.74, 6) is 0.434. The molecule has 1 aliphatic rings. The Morgan fingerprint density at radius 3 is 2.63 bits per heavy atom. The van der Waals surface area contributed by atoms with Crippen molar-refractivity contribution in [3.8, 4) is 11.5 Å². The van der Waals surface area contributed by atoms with Gasteiger partial charge in [0.05, 0.1) is 18.7 Å². The van der Waals surface area contributed by atoms with E-state index in [9.17, 15) is 18.3 Å². The van der Waals surface area contributed by atoms with E-state index in [0.717, 1.165) is 24.7 Å². The number of benzene rings is 2. The maximum Gasteiger partial charge on any atom is 0.416 e. The lowest BCUT2D eigenvalue weighted by atomic mass is 9.98. The summed E-state index contributed by atoms with van der Waals surface area (Å²) in [7, 11) is 1.49. The SMILES string of the molecule is COc1cccc(CN2CCCn3cccc3C2c2cccc(C(F)(F)F)c2)c1O. The van der Waals surface area contributed by atoms with Crippen LogP contribution in [0.3, 0.4) is 0 Å². The molecule has 4 rings (SSSR count). The average Bonchev–Trinajstić information content (AvgIpc) is 3.10. The summed E-state index contributed by atoms with van der Waals surface area (Å²) < 4.78 is 47.4. The van der Waals surface area contributed by atoms with Gasteiger partial charge in [-0.3, -0.25) is 4.90 Å². The number of aromatic nitrogens is 1. The average molecular weight is 416 g/mol. The smallest absolute Gasteiger partial charge is 0.416 e. The number of aromatic hydroxyl groups is 1. The van der Waals surface area contributed by atoms with Crippen LogP contribution in [0.25, 0.3) is 0 Å². The van der Waals surface area contributed by atoms with Crippen molar-refractivity contribution >= 4 is 0 Å². The number of fused-ring (bicyclic) bond motifs is 1. The molecule has 4 nitrogen and oxygen atoms in total. The maximum atomic E-state index is 13.4. The Morgan fingerprint density at radius 2 is 1.87 bits per heavy atom. The highest BCUT2D eigenvalue weighted by molar-refractivity contribution is 5.45. The zero-order valence-corrected chi connectivity index (χ0v) is 16.6. The Morgan fingerprint density at radius 1 is 1.07 bits per heavy atom. The summed E-state index contributed by atoms with van der Waals surface area (Å²) in [5, 5.41) is 10.5. The van der Waals surface area contributed by atoms with Gasteiger partial charge < -0.3 is 14.4 Å². The molecule has 3 aromatic rings. The van der Waals surface area contributed by atoms with Crippen LogP contribution < -0.4 is 4.74 Å². The first-order valence-corrected chi connectivity index (χ1v) is 9.79.